The topological polar surface area (TPSA) is 93.1 Å². The summed E-state index contributed by atoms with van der Waals surface area (Å²) in [6.07, 6.45) is 1.44. The zero-order chi connectivity index (χ0) is 20.3. The number of hydrogen-bond acceptors (Lipinski definition) is 6. The lowest BCUT2D eigenvalue weighted by Gasteiger charge is -2.31. The van der Waals surface area contributed by atoms with Gasteiger partial charge < -0.3 is 14.6 Å². The van der Waals surface area contributed by atoms with Gasteiger partial charge in [0.1, 0.15) is 12.2 Å². The highest BCUT2D eigenvalue weighted by Crippen LogP contribution is 2.19. The molecule has 0 saturated carbocycles. The lowest BCUT2D eigenvalue weighted by molar-refractivity contribution is -0.157. The van der Waals surface area contributed by atoms with E-state index in [2.05, 4.69) is 0 Å². The summed E-state index contributed by atoms with van der Waals surface area (Å²) in [6, 6.07) is 9.68. The molecule has 1 aromatic carbocycles. The van der Waals surface area contributed by atoms with Crippen LogP contribution in [-0.2, 0) is 30.5 Å². The summed E-state index contributed by atoms with van der Waals surface area (Å²) in [4.78, 5) is 34.4. The Morgan fingerprint density at radius 3 is 2.26 bits per heavy atom. The second-order valence-corrected chi connectivity index (χ2v) is 7.34. The number of carbonyl (C=O) groups is 3. The third-order valence-corrected chi connectivity index (χ3v) is 3.92. The van der Waals surface area contributed by atoms with Crippen LogP contribution in [0.1, 0.15) is 39.2 Å². The summed E-state index contributed by atoms with van der Waals surface area (Å²) < 4.78 is 10.7. The first-order valence-corrected chi connectivity index (χ1v) is 8.97. The van der Waals surface area contributed by atoms with Gasteiger partial charge in [0.25, 0.3) is 6.47 Å². The molecule has 1 heterocycles. The van der Waals surface area contributed by atoms with Crippen molar-refractivity contribution >= 4 is 18.4 Å². The third kappa shape index (κ3) is 9.75. The lowest BCUT2D eigenvalue weighted by Crippen LogP contribution is -2.41. The van der Waals surface area contributed by atoms with Crippen molar-refractivity contribution in [2.75, 3.05) is 19.6 Å². The molecule has 7 heteroatoms. The summed E-state index contributed by atoms with van der Waals surface area (Å²) in [5.74, 6) is -0.438. The number of piperidine rings is 1. The summed E-state index contributed by atoms with van der Waals surface area (Å²) in [5.41, 5.74) is 0.532. The quantitative estimate of drug-likeness (QED) is 0.620. The molecule has 150 valence electrons. The van der Waals surface area contributed by atoms with Gasteiger partial charge in [-0.05, 0) is 52.3 Å². The predicted octanol–water partition coefficient (Wildman–Crippen LogP) is 2.48. The molecule has 27 heavy (non-hydrogen) atoms. The Bertz CT molecular complexity index is 588. The highest BCUT2D eigenvalue weighted by Gasteiger charge is 2.28. The van der Waals surface area contributed by atoms with E-state index in [0.29, 0.717) is 19.7 Å². The Hall–Kier alpha value is -2.41. The largest absolute Gasteiger partial charge is 0.483 e. The van der Waals surface area contributed by atoms with Crippen molar-refractivity contribution in [3.8, 4) is 0 Å². The minimum Gasteiger partial charge on any atom is -0.483 e. The van der Waals surface area contributed by atoms with Crippen LogP contribution in [0.25, 0.3) is 0 Å². The highest BCUT2D eigenvalue weighted by atomic mass is 16.6. The van der Waals surface area contributed by atoms with E-state index < -0.39 is 5.60 Å². The minimum absolute atomic E-state index is 0.0800. The van der Waals surface area contributed by atoms with Gasteiger partial charge in [-0.2, -0.15) is 0 Å². The number of esters is 2. The molecule has 0 unspecified atom stereocenters. The molecule has 0 aliphatic carbocycles. The van der Waals surface area contributed by atoms with Crippen LogP contribution in [0.5, 0.6) is 0 Å². The lowest BCUT2D eigenvalue weighted by atomic mass is 9.97. The molecule has 0 spiro atoms. The van der Waals surface area contributed by atoms with Crippen LogP contribution < -0.4 is 0 Å². The van der Waals surface area contributed by atoms with Gasteiger partial charge in [0.05, 0.1) is 12.5 Å². The maximum Gasteiger partial charge on any atom is 0.320 e. The Morgan fingerprint density at radius 2 is 1.74 bits per heavy atom. The normalized spacial score (nSPS) is 15.2. The first-order valence-electron chi connectivity index (χ1n) is 8.97. The zero-order valence-electron chi connectivity index (χ0n) is 16.2. The Kier molecular flexibility index (Phi) is 9.50. The molecule has 0 aromatic heterocycles. The molecule has 1 saturated heterocycles. The smallest absolute Gasteiger partial charge is 0.320 e. The maximum absolute atomic E-state index is 12.2. The van der Waals surface area contributed by atoms with Crippen molar-refractivity contribution in [2.24, 2.45) is 5.92 Å². The van der Waals surface area contributed by atoms with E-state index >= 15 is 0 Å². The number of rotatable bonds is 5. The number of nitrogens with zero attached hydrogens (tertiary/aromatic N) is 1. The van der Waals surface area contributed by atoms with Crippen molar-refractivity contribution < 1.29 is 29.0 Å². The van der Waals surface area contributed by atoms with Crippen LogP contribution in [0.4, 0.5) is 0 Å². The summed E-state index contributed by atoms with van der Waals surface area (Å²) in [5, 5.41) is 6.89. The van der Waals surface area contributed by atoms with Gasteiger partial charge in [0, 0.05) is 0 Å². The Morgan fingerprint density at radius 1 is 1.19 bits per heavy atom. The van der Waals surface area contributed by atoms with E-state index in [-0.39, 0.29) is 30.9 Å². The van der Waals surface area contributed by atoms with Gasteiger partial charge in [-0.3, -0.25) is 19.3 Å². The van der Waals surface area contributed by atoms with Crippen molar-refractivity contribution in [3.63, 3.8) is 0 Å². The molecule has 1 aliphatic rings. The molecular weight excluding hydrogens is 350 g/mol. The average molecular weight is 379 g/mol. The maximum atomic E-state index is 12.2. The standard InChI is InChI=1S/C19H27NO4.CH2O2/c1-19(2,3)24-17(21)13-20-11-9-16(10-12-20)18(22)23-14-15-7-5-4-6-8-15;2-1-3/h4-8,16H,9-14H2,1-3H3;1H,(H,2,3). The van der Waals surface area contributed by atoms with Gasteiger partial charge in [0.15, 0.2) is 0 Å². The molecule has 1 aromatic rings. The van der Waals surface area contributed by atoms with Crippen molar-refractivity contribution in [3.05, 3.63) is 35.9 Å². The number of benzene rings is 1. The second-order valence-electron chi connectivity index (χ2n) is 7.34. The molecule has 1 N–H and O–H groups in total. The molecule has 2 rings (SSSR count). The fraction of sp³-hybridized carbons (Fsp3) is 0.550. The first-order chi connectivity index (χ1) is 12.7. The first kappa shape index (κ1) is 22.6. The third-order valence-electron chi connectivity index (χ3n) is 3.92. The van der Waals surface area contributed by atoms with Gasteiger partial charge in [-0.15, -0.1) is 0 Å². The van der Waals surface area contributed by atoms with Gasteiger partial charge >= 0.3 is 11.9 Å². The van der Waals surface area contributed by atoms with Crippen LogP contribution >= 0.6 is 0 Å². The monoisotopic (exact) mass is 379 g/mol. The van der Waals surface area contributed by atoms with Crippen molar-refractivity contribution in [2.45, 2.75) is 45.8 Å². The highest BCUT2D eigenvalue weighted by molar-refractivity contribution is 5.73. The van der Waals surface area contributed by atoms with Crippen LogP contribution in [0.3, 0.4) is 0 Å². The molecule has 0 atom stereocenters. The zero-order valence-corrected chi connectivity index (χ0v) is 16.2. The van der Waals surface area contributed by atoms with Gasteiger partial charge in [0.2, 0.25) is 0 Å². The fourth-order valence-corrected chi connectivity index (χ4v) is 2.73. The van der Waals surface area contributed by atoms with Crippen molar-refractivity contribution in [1.82, 2.24) is 4.90 Å². The van der Waals surface area contributed by atoms with Crippen LogP contribution in [0.2, 0.25) is 0 Å². The summed E-state index contributed by atoms with van der Waals surface area (Å²) in [7, 11) is 0. The second kappa shape index (κ2) is 11.3. The Balaban J connectivity index is 0.00000114. The van der Waals surface area contributed by atoms with E-state index in [1.165, 1.54) is 0 Å². The molecule has 7 nitrogen and oxygen atoms in total. The SMILES string of the molecule is CC(C)(C)OC(=O)CN1CCC(C(=O)OCc2ccccc2)CC1.O=CO. The minimum atomic E-state index is -0.462. The number of ether oxygens (including phenoxy) is 2. The molecule has 0 amide bonds. The number of likely N-dealkylation sites (tertiary alicyclic amines) is 1. The van der Waals surface area contributed by atoms with E-state index in [0.717, 1.165) is 18.4 Å². The summed E-state index contributed by atoms with van der Waals surface area (Å²) in [6.45, 7) is 7.36. The Labute approximate surface area is 160 Å². The summed E-state index contributed by atoms with van der Waals surface area (Å²) >= 11 is 0. The molecule has 0 radical (unpaired) electrons. The van der Waals surface area contributed by atoms with Crippen LogP contribution in [-0.4, -0.2) is 53.7 Å². The number of hydrogen-bond donors (Lipinski definition) is 1. The van der Waals surface area contributed by atoms with Crippen LogP contribution in [0, 0.1) is 5.92 Å². The molecular formula is C20H29NO6. The fourth-order valence-electron chi connectivity index (χ4n) is 2.73. The van der Waals surface area contributed by atoms with E-state index in [4.69, 9.17) is 19.4 Å². The molecule has 0 bridgehead atoms. The average Bonchev–Trinajstić information content (AvgIpc) is 2.60. The number of carbonyl (C=O) groups excluding carboxylic acids is 2. The van der Waals surface area contributed by atoms with E-state index in [9.17, 15) is 9.59 Å². The molecule has 1 aliphatic heterocycles. The van der Waals surface area contributed by atoms with Crippen LogP contribution in [0.15, 0.2) is 30.3 Å². The van der Waals surface area contributed by atoms with Gasteiger partial charge in [-0.25, -0.2) is 0 Å². The van der Waals surface area contributed by atoms with Crippen molar-refractivity contribution in [1.29, 1.82) is 0 Å². The number of carboxylic acid groups (broad SMARTS) is 1. The molecule has 1 fully saturated rings. The van der Waals surface area contributed by atoms with E-state index in [1.807, 2.05) is 56.0 Å². The van der Waals surface area contributed by atoms with Gasteiger partial charge in [-0.1, -0.05) is 30.3 Å². The van der Waals surface area contributed by atoms with E-state index in [1.54, 1.807) is 0 Å². The predicted molar refractivity (Wildman–Crippen MR) is 99.9 cm³/mol.